The normalized spacial score (nSPS) is 19.3. The number of nitrogens with one attached hydrogen (secondary N) is 1. The molecule has 1 aromatic rings. The zero-order chi connectivity index (χ0) is 12.1. The summed E-state index contributed by atoms with van der Waals surface area (Å²) in [6.45, 7) is 2.52. The van der Waals surface area contributed by atoms with Gasteiger partial charge in [-0.3, -0.25) is 14.7 Å². The van der Waals surface area contributed by atoms with Gasteiger partial charge in [-0.15, -0.1) is 12.4 Å². The van der Waals surface area contributed by atoms with Crippen LogP contribution in [0.3, 0.4) is 0 Å². The van der Waals surface area contributed by atoms with E-state index in [0.29, 0.717) is 18.3 Å². The lowest BCUT2D eigenvalue weighted by Crippen LogP contribution is -2.45. The van der Waals surface area contributed by atoms with Gasteiger partial charge in [0.1, 0.15) is 5.69 Å². The van der Waals surface area contributed by atoms with E-state index in [0.717, 1.165) is 13.1 Å². The number of halogens is 1. The molecule has 1 atom stereocenters. The molecule has 2 heterocycles. The maximum Gasteiger partial charge on any atom is 0.195 e. The fourth-order valence-corrected chi connectivity index (χ4v) is 2.17. The summed E-state index contributed by atoms with van der Waals surface area (Å²) in [5.41, 5.74) is 0.558. The van der Waals surface area contributed by atoms with Crippen LogP contribution in [-0.2, 0) is 0 Å². The number of Topliss-reactive ketones (excluding diaryl/α,β-unsaturated/α-hetero) is 1. The van der Waals surface area contributed by atoms with Gasteiger partial charge in [-0.05, 0) is 38.6 Å². The lowest BCUT2D eigenvalue weighted by Gasteiger charge is -2.31. The number of hydrogen-bond acceptors (Lipinski definition) is 4. The van der Waals surface area contributed by atoms with E-state index >= 15 is 0 Å². The molecule has 1 saturated heterocycles. The molecule has 1 fully saturated rings. The third-order valence-electron chi connectivity index (χ3n) is 3.24. The van der Waals surface area contributed by atoms with Gasteiger partial charge in [-0.1, -0.05) is 6.07 Å². The van der Waals surface area contributed by atoms with Crippen LogP contribution < -0.4 is 5.32 Å². The number of ketones is 1. The fraction of sp³-hybridized carbons (Fsp3) is 0.538. The minimum Gasteiger partial charge on any atom is -0.315 e. The molecule has 0 amide bonds. The summed E-state index contributed by atoms with van der Waals surface area (Å²) in [5, 5.41) is 3.36. The minimum atomic E-state index is 0. The number of carbonyl (C=O) groups excluding carboxylic acids is 1. The van der Waals surface area contributed by atoms with Crippen LogP contribution in [0.1, 0.15) is 23.3 Å². The first-order valence-electron chi connectivity index (χ1n) is 6.12. The smallest absolute Gasteiger partial charge is 0.195 e. The Balaban J connectivity index is 0.00000162. The van der Waals surface area contributed by atoms with Crippen molar-refractivity contribution >= 4 is 18.2 Å². The highest BCUT2D eigenvalue weighted by Crippen LogP contribution is 2.09. The zero-order valence-electron chi connectivity index (χ0n) is 10.6. The first-order valence-corrected chi connectivity index (χ1v) is 6.12. The topological polar surface area (TPSA) is 45.2 Å². The molecule has 0 radical (unpaired) electrons. The van der Waals surface area contributed by atoms with Crippen LogP contribution in [0.25, 0.3) is 0 Å². The molecular formula is C13H20ClN3O. The minimum absolute atomic E-state index is 0. The fourth-order valence-electron chi connectivity index (χ4n) is 2.17. The Morgan fingerprint density at radius 2 is 2.39 bits per heavy atom. The number of pyridine rings is 1. The Morgan fingerprint density at radius 3 is 3.00 bits per heavy atom. The summed E-state index contributed by atoms with van der Waals surface area (Å²) >= 11 is 0. The maximum absolute atomic E-state index is 12.0. The third-order valence-corrected chi connectivity index (χ3v) is 3.24. The summed E-state index contributed by atoms with van der Waals surface area (Å²) in [7, 11) is 2.01. The number of aromatic nitrogens is 1. The lowest BCUT2D eigenvalue weighted by molar-refractivity contribution is 0.0902. The number of carbonyl (C=O) groups is 1. The third kappa shape index (κ3) is 4.05. The summed E-state index contributed by atoms with van der Waals surface area (Å²) in [6.07, 6.45) is 4.02. The highest BCUT2D eigenvalue weighted by molar-refractivity contribution is 5.95. The molecule has 1 aromatic heterocycles. The van der Waals surface area contributed by atoms with Crippen molar-refractivity contribution in [2.24, 2.45) is 0 Å². The highest BCUT2D eigenvalue weighted by Gasteiger charge is 2.20. The SMILES string of the molecule is CN(CC(=O)c1ccccn1)C1CCCNC1.Cl. The van der Waals surface area contributed by atoms with Crippen LogP contribution in [0.4, 0.5) is 0 Å². The van der Waals surface area contributed by atoms with Crippen LogP contribution in [0.5, 0.6) is 0 Å². The molecule has 100 valence electrons. The molecule has 0 aromatic carbocycles. The van der Waals surface area contributed by atoms with E-state index in [1.807, 2.05) is 19.2 Å². The molecule has 1 aliphatic rings. The Kier molecular flexibility index (Phi) is 6.25. The van der Waals surface area contributed by atoms with E-state index in [4.69, 9.17) is 0 Å². The van der Waals surface area contributed by atoms with E-state index in [2.05, 4.69) is 15.2 Å². The van der Waals surface area contributed by atoms with Gasteiger partial charge >= 0.3 is 0 Å². The number of hydrogen-bond donors (Lipinski definition) is 1. The Labute approximate surface area is 114 Å². The van der Waals surface area contributed by atoms with E-state index in [9.17, 15) is 4.79 Å². The molecular weight excluding hydrogens is 250 g/mol. The van der Waals surface area contributed by atoms with Crippen LogP contribution in [0, 0.1) is 0 Å². The van der Waals surface area contributed by atoms with Gasteiger partial charge in [0.2, 0.25) is 0 Å². The van der Waals surface area contributed by atoms with Gasteiger partial charge in [0.05, 0.1) is 6.54 Å². The second-order valence-electron chi connectivity index (χ2n) is 4.55. The Hall–Kier alpha value is -0.970. The molecule has 1 aliphatic heterocycles. The number of likely N-dealkylation sites (N-methyl/N-ethyl adjacent to an activating group) is 1. The molecule has 18 heavy (non-hydrogen) atoms. The second kappa shape index (κ2) is 7.46. The highest BCUT2D eigenvalue weighted by atomic mass is 35.5. The van der Waals surface area contributed by atoms with E-state index in [1.54, 1.807) is 12.3 Å². The van der Waals surface area contributed by atoms with Crippen molar-refractivity contribution in [2.45, 2.75) is 18.9 Å². The molecule has 0 bridgehead atoms. The van der Waals surface area contributed by atoms with Crippen molar-refractivity contribution < 1.29 is 4.79 Å². The standard InChI is InChI=1S/C13H19N3O.ClH/c1-16(11-5-4-7-14-9-11)10-13(17)12-6-2-3-8-15-12;/h2-3,6,8,11,14H,4-5,7,9-10H2,1H3;1H. The lowest BCUT2D eigenvalue weighted by atomic mass is 10.1. The van der Waals surface area contributed by atoms with E-state index in [-0.39, 0.29) is 18.2 Å². The predicted octanol–water partition coefficient (Wildman–Crippen LogP) is 1.37. The van der Waals surface area contributed by atoms with Crippen molar-refractivity contribution in [3.63, 3.8) is 0 Å². The average Bonchev–Trinajstić information content (AvgIpc) is 2.40. The van der Waals surface area contributed by atoms with E-state index < -0.39 is 0 Å². The summed E-state index contributed by atoms with van der Waals surface area (Å²) < 4.78 is 0. The molecule has 4 nitrogen and oxygen atoms in total. The molecule has 0 saturated carbocycles. The summed E-state index contributed by atoms with van der Waals surface area (Å²) in [5.74, 6) is 0.0960. The van der Waals surface area contributed by atoms with Gasteiger partial charge in [0.15, 0.2) is 5.78 Å². The van der Waals surface area contributed by atoms with Gasteiger partial charge in [-0.2, -0.15) is 0 Å². The first-order chi connectivity index (χ1) is 8.27. The summed E-state index contributed by atoms with van der Waals surface area (Å²) in [6, 6.07) is 5.92. The van der Waals surface area contributed by atoms with Gasteiger partial charge in [-0.25, -0.2) is 0 Å². The monoisotopic (exact) mass is 269 g/mol. The molecule has 1 N–H and O–H groups in total. The van der Waals surface area contributed by atoms with Crippen molar-refractivity contribution in [1.82, 2.24) is 15.2 Å². The molecule has 2 rings (SSSR count). The number of rotatable bonds is 4. The maximum atomic E-state index is 12.0. The predicted molar refractivity (Wildman–Crippen MR) is 74.3 cm³/mol. The molecule has 1 unspecified atom stereocenters. The van der Waals surface area contributed by atoms with Crippen molar-refractivity contribution in [2.75, 3.05) is 26.7 Å². The molecule has 0 aliphatic carbocycles. The van der Waals surface area contributed by atoms with Gasteiger partial charge < -0.3 is 5.32 Å². The van der Waals surface area contributed by atoms with Gasteiger partial charge in [0.25, 0.3) is 0 Å². The van der Waals surface area contributed by atoms with Crippen molar-refractivity contribution in [3.05, 3.63) is 30.1 Å². The van der Waals surface area contributed by atoms with Crippen LogP contribution in [-0.4, -0.2) is 48.4 Å². The van der Waals surface area contributed by atoms with Crippen molar-refractivity contribution in [1.29, 1.82) is 0 Å². The van der Waals surface area contributed by atoms with Crippen LogP contribution >= 0.6 is 12.4 Å². The van der Waals surface area contributed by atoms with Gasteiger partial charge in [0, 0.05) is 18.8 Å². The Bertz CT molecular complexity index is 366. The van der Waals surface area contributed by atoms with Crippen LogP contribution in [0.15, 0.2) is 24.4 Å². The van der Waals surface area contributed by atoms with Crippen molar-refractivity contribution in [3.8, 4) is 0 Å². The second-order valence-corrected chi connectivity index (χ2v) is 4.55. The largest absolute Gasteiger partial charge is 0.315 e. The molecule has 5 heteroatoms. The Morgan fingerprint density at radius 1 is 1.56 bits per heavy atom. The number of piperidine rings is 1. The molecule has 0 spiro atoms. The number of nitrogens with zero attached hydrogens (tertiary/aromatic N) is 2. The first kappa shape index (κ1) is 15.1. The van der Waals surface area contributed by atoms with E-state index in [1.165, 1.54) is 12.8 Å². The quantitative estimate of drug-likeness (QED) is 0.839. The summed E-state index contributed by atoms with van der Waals surface area (Å²) in [4.78, 5) is 18.2. The van der Waals surface area contributed by atoms with Crippen LogP contribution in [0.2, 0.25) is 0 Å². The zero-order valence-corrected chi connectivity index (χ0v) is 11.4. The average molecular weight is 270 g/mol.